The number of hydrogen-bond acceptors (Lipinski definition) is 5. The number of carbonyl (C=O) groups excluding carboxylic acids is 2. The molecule has 0 amide bonds. The lowest BCUT2D eigenvalue weighted by Crippen LogP contribution is -2.45. The number of ether oxygens (including phenoxy) is 1. The number of nitrogens with one attached hydrogen (secondary N) is 1. The van der Waals surface area contributed by atoms with Crippen LogP contribution in [0.3, 0.4) is 0 Å². The van der Waals surface area contributed by atoms with Crippen molar-refractivity contribution in [2.24, 2.45) is 5.73 Å². The van der Waals surface area contributed by atoms with Crippen molar-refractivity contribution in [2.75, 3.05) is 13.2 Å². The molecule has 0 heterocycles. The fourth-order valence-corrected chi connectivity index (χ4v) is 2.38. The first kappa shape index (κ1) is 19.3. The fraction of sp³-hybridized carbons (Fsp3) is 0.556. The Morgan fingerprint density at radius 3 is 2.61 bits per heavy atom. The molecule has 0 aliphatic rings. The summed E-state index contributed by atoms with van der Waals surface area (Å²) < 4.78 is 5.11. The summed E-state index contributed by atoms with van der Waals surface area (Å²) >= 11 is 0. The molecular formula is C18H27N2O3. The molecule has 0 aliphatic carbocycles. The normalized spacial score (nSPS) is 13.3. The first-order valence-electron chi connectivity index (χ1n) is 8.25. The zero-order chi connectivity index (χ0) is 16.9. The number of esters is 1. The monoisotopic (exact) mass is 319 g/mol. The summed E-state index contributed by atoms with van der Waals surface area (Å²) in [7, 11) is 0. The van der Waals surface area contributed by atoms with Gasteiger partial charge in [0, 0.05) is 0 Å². The predicted octanol–water partition coefficient (Wildman–Crippen LogP) is 1.75. The zero-order valence-corrected chi connectivity index (χ0v) is 13.8. The molecule has 0 bridgehead atoms. The molecule has 0 unspecified atom stereocenters. The van der Waals surface area contributed by atoms with Gasteiger partial charge in [-0.3, -0.25) is 14.9 Å². The smallest absolute Gasteiger partial charge is 0.323 e. The highest BCUT2D eigenvalue weighted by molar-refractivity contribution is 5.76. The van der Waals surface area contributed by atoms with Crippen molar-refractivity contribution in [1.82, 2.24) is 5.32 Å². The molecule has 1 aromatic rings. The SMILES string of the molecule is CCOC(=O)[C@H](CCc1ccccc1)N[C@H]([C]=O)CCCCN. The maximum atomic E-state index is 12.1. The van der Waals surface area contributed by atoms with E-state index in [0.29, 0.717) is 26.0 Å². The van der Waals surface area contributed by atoms with Gasteiger partial charge in [-0.1, -0.05) is 36.8 Å². The van der Waals surface area contributed by atoms with Gasteiger partial charge in [0.05, 0.1) is 12.6 Å². The second-order valence-corrected chi connectivity index (χ2v) is 5.45. The van der Waals surface area contributed by atoms with Crippen LogP contribution in [0.4, 0.5) is 0 Å². The Kier molecular flexibility index (Phi) is 9.91. The zero-order valence-electron chi connectivity index (χ0n) is 13.8. The average molecular weight is 319 g/mol. The number of unbranched alkanes of at least 4 members (excludes halogenated alkanes) is 1. The molecule has 1 radical (unpaired) electrons. The third kappa shape index (κ3) is 7.90. The summed E-state index contributed by atoms with van der Waals surface area (Å²) in [6, 6.07) is 8.97. The van der Waals surface area contributed by atoms with E-state index in [0.717, 1.165) is 24.8 Å². The van der Waals surface area contributed by atoms with Gasteiger partial charge in [0.25, 0.3) is 0 Å². The quantitative estimate of drug-likeness (QED) is 0.453. The van der Waals surface area contributed by atoms with Crippen molar-refractivity contribution >= 4 is 12.3 Å². The van der Waals surface area contributed by atoms with E-state index in [-0.39, 0.29) is 5.97 Å². The van der Waals surface area contributed by atoms with Crippen molar-refractivity contribution < 1.29 is 14.3 Å². The molecule has 2 atom stereocenters. The molecule has 0 aliphatic heterocycles. The summed E-state index contributed by atoms with van der Waals surface area (Å²) in [4.78, 5) is 23.2. The van der Waals surface area contributed by atoms with Gasteiger partial charge in [-0.2, -0.15) is 0 Å². The minimum atomic E-state index is -0.500. The third-order valence-electron chi connectivity index (χ3n) is 3.63. The molecule has 23 heavy (non-hydrogen) atoms. The van der Waals surface area contributed by atoms with E-state index in [1.165, 1.54) is 0 Å². The number of aryl methyl sites for hydroxylation is 1. The average Bonchev–Trinajstić information content (AvgIpc) is 2.58. The summed E-state index contributed by atoms with van der Waals surface area (Å²) in [6.07, 6.45) is 5.61. The topological polar surface area (TPSA) is 81.4 Å². The molecule has 5 heteroatoms. The molecule has 0 saturated heterocycles. The van der Waals surface area contributed by atoms with Crippen LogP contribution < -0.4 is 11.1 Å². The van der Waals surface area contributed by atoms with Crippen LogP contribution in [0.15, 0.2) is 30.3 Å². The minimum absolute atomic E-state index is 0.317. The van der Waals surface area contributed by atoms with Crippen molar-refractivity contribution in [1.29, 1.82) is 0 Å². The predicted molar refractivity (Wildman–Crippen MR) is 90.7 cm³/mol. The Bertz CT molecular complexity index is 451. The Morgan fingerprint density at radius 2 is 2.00 bits per heavy atom. The van der Waals surface area contributed by atoms with Crippen LogP contribution in [0.2, 0.25) is 0 Å². The van der Waals surface area contributed by atoms with Crippen molar-refractivity contribution in [2.45, 2.75) is 51.1 Å². The van der Waals surface area contributed by atoms with E-state index in [9.17, 15) is 9.59 Å². The number of hydrogen-bond donors (Lipinski definition) is 2. The maximum Gasteiger partial charge on any atom is 0.323 e. The largest absolute Gasteiger partial charge is 0.465 e. The highest BCUT2D eigenvalue weighted by Crippen LogP contribution is 2.08. The number of carbonyl (C=O) groups is 1. The van der Waals surface area contributed by atoms with Crippen molar-refractivity contribution in [3.8, 4) is 0 Å². The molecule has 0 saturated carbocycles. The van der Waals surface area contributed by atoms with Gasteiger partial charge in [0.15, 0.2) is 0 Å². The minimum Gasteiger partial charge on any atom is -0.465 e. The summed E-state index contributed by atoms with van der Waals surface area (Å²) in [5.41, 5.74) is 6.62. The highest BCUT2D eigenvalue weighted by atomic mass is 16.5. The van der Waals surface area contributed by atoms with Gasteiger partial charge in [-0.25, -0.2) is 0 Å². The van der Waals surface area contributed by atoms with Crippen LogP contribution in [0.1, 0.15) is 38.2 Å². The van der Waals surface area contributed by atoms with Gasteiger partial charge in [0.1, 0.15) is 6.04 Å². The van der Waals surface area contributed by atoms with E-state index >= 15 is 0 Å². The molecule has 1 rings (SSSR count). The van der Waals surface area contributed by atoms with Gasteiger partial charge >= 0.3 is 5.97 Å². The lowest BCUT2D eigenvalue weighted by molar-refractivity contribution is -0.145. The Hall–Kier alpha value is -1.72. The second-order valence-electron chi connectivity index (χ2n) is 5.45. The van der Waals surface area contributed by atoms with Gasteiger partial charge in [-0.15, -0.1) is 0 Å². The van der Waals surface area contributed by atoms with Crippen LogP contribution >= 0.6 is 0 Å². The Labute approximate surface area is 138 Å². The highest BCUT2D eigenvalue weighted by Gasteiger charge is 2.23. The maximum absolute atomic E-state index is 12.1. The van der Waals surface area contributed by atoms with E-state index in [1.807, 2.05) is 36.6 Å². The standard InChI is InChI=1S/C18H27N2O3/c1-2-23-18(22)17(12-11-15-8-4-3-5-9-15)20-16(14-21)10-6-7-13-19/h3-5,8-9,16-17,20H,2,6-7,10-13,19H2,1H3/t16-,17-/m0/s1. The van der Waals surface area contributed by atoms with E-state index in [4.69, 9.17) is 10.5 Å². The summed E-state index contributed by atoms with van der Waals surface area (Å²) in [5, 5.41) is 3.08. The van der Waals surface area contributed by atoms with E-state index in [1.54, 1.807) is 6.92 Å². The van der Waals surface area contributed by atoms with Crippen LogP contribution in [0.5, 0.6) is 0 Å². The van der Waals surface area contributed by atoms with Gasteiger partial charge < -0.3 is 10.5 Å². The summed E-state index contributed by atoms with van der Waals surface area (Å²) in [5.74, 6) is -0.317. The molecule has 3 N–H and O–H groups in total. The van der Waals surface area contributed by atoms with E-state index < -0.39 is 12.1 Å². The molecule has 127 valence electrons. The van der Waals surface area contributed by atoms with Crippen LogP contribution in [-0.4, -0.2) is 37.5 Å². The molecule has 5 nitrogen and oxygen atoms in total. The number of rotatable bonds is 12. The fourth-order valence-electron chi connectivity index (χ4n) is 2.38. The molecule has 0 fully saturated rings. The van der Waals surface area contributed by atoms with Crippen LogP contribution in [0.25, 0.3) is 0 Å². The Balaban J connectivity index is 2.59. The summed E-state index contributed by atoms with van der Waals surface area (Å²) in [6.45, 7) is 2.70. The first-order valence-corrected chi connectivity index (χ1v) is 8.25. The van der Waals surface area contributed by atoms with Crippen LogP contribution in [0, 0.1) is 0 Å². The molecule has 0 spiro atoms. The van der Waals surface area contributed by atoms with Crippen molar-refractivity contribution in [3.63, 3.8) is 0 Å². The van der Waals surface area contributed by atoms with Crippen LogP contribution in [-0.2, 0) is 20.7 Å². The molecular weight excluding hydrogens is 292 g/mol. The first-order chi connectivity index (χ1) is 11.2. The Morgan fingerprint density at radius 1 is 1.26 bits per heavy atom. The van der Waals surface area contributed by atoms with E-state index in [2.05, 4.69) is 5.32 Å². The lowest BCUT2D eigenvalue weighted by Gasteiger charge is -2.21. The lowest BCUT2D eigenvalue weighted by atomic mass is 10.0. The second kappa shape index (κ2) is 11.8. The van der Waals surface area contributed by atoms with Gasteiger partial charge in [0.2, 0.25) is 6.29 Å². The third-order valence-corrected chi connectivity index (χ3v) is 3.63. The molecule has 0 aromatic heterocycles. The molecule has 1 aromatic carbocycles. The number of benzene rings is 1. The van der Waals surface area contributed by atoms with Crippen molar-refractivity contribution in [3.05, 3.63) is 35.9 Å². The van der Waals surface area contributed by atoms with Gasteiger partial charge in [-0.05, 0) is 44.7 Å². The number of nitrogens with two attached hydrogens (primary N) is 1.